The molecule has 11 heteroatoms. The first kappa shape index (κ1) is 35.5. The van der Waals surface area contributed by atoms with Crippen LogP contribution >= 0.6 is 0 Å². The van der Waals surface area contributed by atoms with Gasteiger partial charge in [0, 0.05) is 57.0 Å². The van der Waals surface area contributed by atoms with Gasteiger partial charge in [-0.2, -0.15) is 0 Å². The number of aliphatic carboxylic acids is 1. The zero-order valence-electron chi connectivity index (χ0n) is 28.5. The van der Waals surface area contributed by atoms with Crippen LogP contribution in [0, 0.1) is 0 Å². The minimum absolute atomic E-state index is 0.0117. The number of aromatic amines is 1. The lowest BCUT2D eigenvalue weighted by Gasteiger charge is -2.40. The Bertz CT molecular complexity index is 1760. The molecule has 4 N–H and O–H groups in total. The van der Waals surface area contributed by atoms with Gasteiger partial charge in [-0.25, -0.2) is 4.79 Å². The first-order valence-electron chi connectivity index (χ1n) is 17.9. The number of nitrogens with zero attached hydrogens (tertiary/aromatic N) is 2. The van der Waals surface area contributed by atoms with Crippen LogP contribution in [0.25, 0.3) is 11.0 Å². The molecule has 4 aromatic rings. The molecule has 0 saturated carbocycles. The molecule has 2 aliphatic rings. The molecule has 11 nitrogen and oxygen atoms in total. The highest BCUT2D eigenvalue weighted by Gasteiger charge is 2.34. The van der Waals surface area contributed by atoms with Gasteiger partial charge in [0.2, 0.25) is 5.91 Å². The molecule has 50 heavy (non-hydrogen) atoms. The lowest BCUT2D eigenvalue weighted by atomic mass is 9.98. The smallest absolute Gasteiger partial charge is 0.326 e. The molecule has 0 unspecified atom stereocenters. The fourth-order valence-corrected chi connectivity index (χ4v) is 7.11. The topological polar surface area (TPSA) is 146 Å². The summed E-state index contributed by atoms with van der Waals surface area (Å²) in [4.78, 5) is 41.2. The monoisotopic (exact) mass is 684 g/mol. The summed E-state index contributed by atoms with van der Waals surface area (Å²) in [6.45, 7) is 2.89. The number of H-pyrrole nitrogens is 1. The number of carboxylic acids is 1. The molecular weight excluding hydrogens is 636 g/mol. The van der Waals surface area contributed by atoms with Gasteiger partial charge < -0.3 is 34.9 Å². The molecule has 2 fully saturated rings. The minimum atomic E-state index is -0.780. The van der Waals surface area contributed by atoms with Crippen LogP contribution in [0.4, 0.5) is 0 Å². The van der Waals surface area contributed by atoms with Crippen molar-refractivity contribution in [2.24, 2.45) is 0 Å². The molecule has 0 radical (unpaired) electrons. The van der Waals surface area contributed by atoms with Gasteiger partial charge >= 0.3 is 11.7 Å². The molecule has 3 aromatic carbocycles. The van der Waals surface area contributed by atoms with Crippen molar-refractivity contribution in [2.75, 3.05) is 19.6 Å². The number of fused-ring (bicyclic) bond motifs is 1. The first-order chi connectivity index (χ1) is 24.4. The van der Waals surface area contributed by atoms with Gasteiger partial charge in [-0.15, -0.1) is 0 Å². The maximum atomic E-state index is 12.8. The Morgan fingerprint density at radius 3 is 2.24 bits per heavy atom. The number of carboxylic acid groups (broad SMARTS) is 1. The van der Waals surface area contributed by atoms with E-state index < -0.39 is 12.3 Å². The average Bonchev–Trinajstić information content (AvgIpc) is 3.48. The number of amides is 1. The van der Waals surface area contributed by atoms with Crippen molar-refractivity contribution in [3.8, 4) is 0 Å². The number of imidazole rings is 1. The van der Waals surface area contributed by atoms with E-state index in [9.17, 15) is 19.5 Å². The van der Waals surface area contributed by atoms with E-state index in [1.165, 1.54) is 0 Å². The molecule has 2 saturated heterocycles. The number of hydrogen-bond donors (Lipinski definition) is 4. The number of aliphatic hydroxyl groups is 1. The van der Waals surface area contributed by atoms with E-state index in [4.69, 9.17) is 14.6 Å². The fourth-order valence-electron chi connectivity index (χ4n) is 7.11. The van der Waals surface area contributed by atoms with E-state index in [1.807, 2.05) is 77.4 Å². The van der Waals surface area contributed by atoms with E-state index in [2.05, 4.69) is 15.2 Å². The number of benzene rings is 3. The van der Waals surface area contributed by atoms with E-state index in [-0.39, 0.29) is 42.9 Å². The van der Waals surface area contributed by atoms with E-state index in [1.54, 1.807) is 0 Å². The second-order valence-electron chi connectivity index (χ2n) is 13.5. The Morgan fingerprint density at radius 2 is 1.52 bits per heavy atom. The number of aliphatic hydroxyl groups excluding tert-OH is 1. The zero-order chi connectivity index (χ0) is 34.9. The van der Waals surface area contributed by atoms with Gasteiger partial charge in [0.25, 0.3) is 0 Å². The lowest BCUT2D eigenvalue weighted by Crippen LogP contribution is -2.43. The summed E-state index contributed by atoms with van der Waals surface area (Å²) in [7, 11) is 0. The van der Waals surface area contributed by atoms with Gasteiger partial charge in [0.15, 0.2) is 6.29 Å². The average molecular weight is 685 g/mol. The van der Waals surface area contributed by atoms with Crippen LogP contribution in [0.2, 0.25) is 0 Å². The summed E-state index contributed by atoms with van der Waals surface area (Å²) in [6.07, 6.45) is 5.27. The number of carbonyl (C=O) groups is 2. The number of carbonyl (C=O) groups excluding carboxylic acids is 1. The second-order valence-corrected chi connectivity index (χ2v) is 13.5. The van der Waals surface area contributed by atoms with Crippen molar-refractivity contribution in [2.45, 2.75) is 95.5 Å². The molecule has 0 bridgehead atoms. The summed E-state index contributed by atoms with van der Waals surface area (Å²) < 4.78 is 15.1. The Balaban J connectivity index is 1.05. The molecule has 0 spiro atoms. The largest absolute Gasteiger partial charge is 0.481 e. The molecule has 1 aromatic heterocycles. The van der Waals surface area contributed by atoms with Crippen LogP contribution in [0.3, 0.4) is 0 Å². The zero-order valence-corrected chi connectivity index (χ0v) is 28.5. The van der Waals surface area contributed by atoms with Crippen molar-refractivity contribution in [3.63, 3.8) is 0 Å². The van der Waals surface area contributed by atoms with Gasteiger partial charge in [-0.3, -0.25) is 14.2 Å². The number of piperidine rings is 1. The maximum absolute atomic E-state index is 12.8. The van der Waals surface area contributed by atoms with Gasteiger partial charge in [0.1, 0.15) is 0 Å². The molecule has 3 heterocycles. The van der Waals surface area contributed by atoms with Crippen molar-refractivity contribution in [1.29, 1.82) is 0 Å². The minimum Gasteiger partial charge on any atom is -0.481 e. The van der Waals surface area contributed by atoms with Crippen molar-refractivity contribution in [3.05, 3.63) is 106 Å². The number of nitrogens with one attached hydrogen (secondary N) is 2. The van der Waals surface area contributed by atoms with Crippen LogP contribution in [0.15, 0.2) is 77.6 Å². The molecule has 6 rings (SSSR count). The summed E-state index contributed by atoms with van der Waals surface area (Å²) in [6, 6.07) is 23.9. The van der Waals surface area contributed by atoms with Crippen molar-refractivity contribution in [1.82, 2.24) is 19.8 Å². The fraction of sp³-hybridized carbons (Fsp3) is 0.462. The van der Waals surface area contributed by atoms with E-state index >= 15 is 0 Å². The Morgan fingerprint density at radius 1 is 0.840 bits per heavy atom. The number of unbranched alkanes of at least 4 members (excludes halogenated alkanes) is 3. The second kappa shape index (κ2) is 17.1. The summed E-state index contributed by atoms with van der Waals surface area (Å²) in [5.74, 6) is -0.792. The van der Waals surface area contributed by atoms with Crippen LogP contribution in [0.5, 0.6) is 0 Å². The van der Waals surface area contributed by atoms with E-state index in [0.717, 1.165) is 85.0 Å². The van der Waals surface area contributed by atoms with Gasteiger partial charge in [-0.05, 0) is 54.5 Å². The third kappa shape index (κ3) is 9.28. The molecule has 266 valence electrons. The number of hydrogen-bond acceptors (Lipinski definition) is 7. The summed E-state index contributed by atoms with van der Waals surface area (Å²) >= 11 is 0. The Kier molecular flexibility index (Phi) is 12.1. The molecule has 1 amide bonds. The first-order valence-corrected chi connectivity index (χ1v) is 17.9. The predicted molar refractivity (Wildman–Crippen MR) is 189 cm³/mol. The Labute approximate surface area is 292 Å². The van der Waals surface area contributed by atoms with Crippen LogP contribution in [0.1, 0.15) is 98.5 Å². The third-order valence-corrected chi connectivity index (χ3v) is 9.91. The molecular formula is C39H48N4O7. The Hall–Kier alpha value is -4.29. The van der Waals surface area contributed by atoms with Crippen LogP contribution in [-0.4, -0.2) is 62.3 Å². The number of aromatic nitrogens is 2. The number of para-hydroxylation sites is 2. The highest BCUT2D eigenvalue weighted by Crippen LogP contribution is 2.38. The lowest BCUT2D eigenvalue weighted by molar-refractivity contribution is -0.253. The predicted octanol–water partition coefficient (Wildman–Crippen LogP) is 5.75. The molecule has 2 aliphatic heterocycles. The molecule has 0 aliphatic carbocycles. The summed E-state index contributed by atoms with van der Waals surface area (Å²) in [5.41, 5.74) is 5.55. The summed E-state index contributed by atoms with van der Waals surface area (Å²) in [5, 5.41) is 21.3. The highest BCUT2D eigenvalue weighted by atomic mass is 16.7. The van der Waals surface area contributed by atoms with E-state index in [0.29, 0.717) is 25.8 Å². The van der Waals surface area contributed by atoms with Crippen molar-refractivity contribution < 1.29 is 29.3 Å². The number of ether oxygens (including phenoxy) is 2. The van der Waals surface area contributed by atoms with Crippen LogP contribution in [-0.2, 0) is 32.2 Å². The highest BCUT2D eigenvalue weighted by molar-refractivity contribution is 5.76. The van der Waals surface area contributed by atoms with Gasteiger partial charge in [0.05, 0.1) is 29.8 Å². The maximum Gasteiger partial charge on any atom is 0.326 e. The molecule has 3 atom stereocenters. The number of rotatable bonds is 15. The van der Waals surface area contributed by atoms with Gasteiger partial charge in [-0.1, -0.05) is 73.5 Å². The normalized spacial score (nSPS) is 20.2. The van der Waals surface area contributed by atoms with Crippen LogP contribution < -0.4 is 11.0 Å². The number of likely N-dealkylation sites (tertiary alicyclic amines) is 1. The third-order valence-electron chi connectivity index (χ3n) is 9.91. The quantitative estimate of drug-likeness (QED) is 0.116. The SMILES string of the molecule is O=C(O)CCCCCCC(=O)NCc1ccc([C@H]2O[C@@H](CN3CCC(n4c(=O)[nH]c5ccccc54)CC3)C[C@@H](c3ccc(CO)cc3)O2)cc1. The van der Waals surface area contributed by atoms with Crippen molar-refractivity contribution >= 4 is 22.9 Å². The standard InChI is InChI=1S/C39H48N4O7/c44-26-28-13-15-29(16-14-28)35-23-32(25-42-21-19-31(20-22-42)43-34-8-6-5-7-33(34)41-39(43)48)49-38(50-35)30-17-11-27(12-18-30)24-40-36(45)9-3-1-2-4-10-37(46)47/h5-8,11-18,31-32,35,38,44H,1-4,9-10,19-26H2,(H,40,45)(H,41,48)(H,46,47)/t32-,35+,38+/m1/s1.